The Balaban J connectivity index is 1.37. The van der Waals surface area contributed by atoms with Gasteiger partial charge in [-0.05, 0) is 30.7 Å². The highest BCUT2D eigenvalue weighted by molar-refractivity contribution is 6.04. The molecule has 0 saturated heterocycles. The number of rotatable bonds is 4. The molecule has 3 aromatic heterocycles. The maximum absolute atomic E-state index is 12.7. The lowest BCUT2D eigenvalue weighted by atomic mass is 10.2. The molecule has 1 aliphatic rings. The molecule has 0 bridgehead atoms. The summed E-state index contributed by atoms with van der Waals surface area (Å²) in [7, 11) is 0. The number of carbonyl (C=O) groups excluding carboxylic acids is 2. The molecule has 0 aliphatic carbocycles. The van der Waals surface area contributed by atoms with Crippen LogP contribution in [0, 0.1) is 0 Å². The van der Waals surface area contributed by atoms with E-state index in [2.05, 4.69) is 20.7 Å². The fraction of sp³-hybridized carbons (Fsp3) is 0.182. The number of hydrogen-bond acceptors (Lipinski definition) is 4. The average molecular weight is 400 g/mol. The van der Waals surface area contributed by atoms with Crippen LogP contribution < -0.4 is 10.6 Å². The summed E-state index contributed by atoms with van der Waals surface area (Å²) >= 11 is 0. The number of fused-ring (bicyclic) bond motifs is 3. The highest BCUT2D eigenvalue weighted by Crippen LogP contribution is 2.26. The second-order valence-electron chi connectivity index (χ2n) is 7.43. The fourth-order valence-electron chi connectivity index (χ4n) is 3.73. The summed E-state index contributed by atoms with van der Waals surface area (Å²) < 4.78 is 3.65. The van der Waals surface area contributed by atoms with Crippen LogP contribution in [0.15, 0.2) is 60.9 Å². The third-order valence-electron chi connectivity index (χ3n) is 5.24. The van der Waals surface area contributed by atoms with Gasteiger partial charge in [-0.2, -0.15) is 5.10 Å². The third kappa shape index (κ3) is 3.22. The van der Waals surface area contributed by atoms with Crippen molar-refractivity contribution in [3.8, 4) is 0 Å². The van der Waals surface area contributed by atoms with Crippen molar-refractivity contribution in [3.63, 3.8) is 0 Å². The van der Waals surface area contributed by atoms with E-state index in [1.807, 2.05) is 54.0 Å². The van der Waals surface area contributed by atoms with Crippen molar-refractivity contribution in [2.45, 2.75) is 19.5 Å². The Labute approximate surface area is 172 Å². The lowest BCUT2D eigenvalue weighted by molar-refractivity contribution is 0.0918. The van der Waals surface area contributed by atoms with Crippen LogP contribution in [-0.2, 0) is 6.54 Å². The SMILES string of the molecule is CC1CNC(=O)c2cc3ccc(NC(=O)c4cnn(Cc5ccccc5)c4)nc3n21. The molecule has 0 saturated carbocycles. The predicted molar refractivity (Wildman–Crippen MR) is 113 cm³/mol. The minimum atomic E-state index is -0.280. The maximum Gasteiger partial charge on any atom is 0.268 e. The van der Waals surface area contributed by atoms with Gasteiger partial charge in [0.25, 0.3) is 11.8 Å². The van der Waals surface area contributed by atoms with E-state index in [4.69, 9.17) is 0 Å². The molecule has 30 heavy (non-hydrogen) atoms. The lowest BCUT2D eigenvalue weighted by Gasteiger charge is -2.23. The minimum Gasteiger partial charge on any atom is -0.349 e. The van der Waals surface area contributed by atoms with Gasteiger partial charge in [0.05, 0.1) is 24.3 Å². The van der Waals surface area contributed by atoms with E-state index in [1.165, 1.54) is 0 Å². The van der Waals surface area contributed by atoms with Gasteiger partial charge in [0.15, 0.2) is 0 Å². The molecular weight excluding hydrogens is 380 g/mol. The molecule has 2 amide bonds. The molecule has 1 aromatic carbocycles. The maximum atomic E-state index is 12.7. The van der Waals surface area contributed by atoms with Gasteiger partial charge in [-0.25, -0.2) is 4.98 Å². The molecule has 1 unspecified atom stereocenters. The highest BCUT2D eigenvalue weighted by Gasteiger charge is 2.25. The van der Waals surface area contributed by atoms with Crippen LogP contribution in [0.5, 0.6) is 0 Å². The summed E-state index contributed by atoms with van der Waals surface area (Å²) in [5.74, 6) is 0.0438. The number of benzene rings is 1. The number of hydrogen-bond donors (Lipinski definition) is 2. The molecular formula is C22H20N6O2. The zero-order valence-corrected chi connectivity index (χ0v) is 16.4. The second-order valence-corrected chi connectivity index (χ2v) is 7.43. The monoisotopic (exact) mass is 400 g/mol. The first-order valence-electron chi connectivity index (χ1n) is 9.76. The zero-order valence-electron chi connectivity index (χ0n) is 16.4. The van der Waals surface area contributed by atoms with Gasteiger partial charge in [-0.15, -0.1) is 0 Å². The summed E-state index contributed by atoms with van der Waals surface area (Å²) in [6, 6.07) is 15.4. The quantitative estimate of drug-likeness (QED) is 0.551. The van der Waals surface area contributed by atoms with Crippen molar-refractivity contribution in [3.05, 3.63) is 77.7 Å². The third-order valence-corrected chi connectivity index (χ3v) is 5.24. The van der Waals surface area contributed by atoms with Crippen molar-refractivity contribution in [1.82, 2.24) is 24.6 Å². The molecule has 1 atom stereocenters. The Kier molecular flexibility index (Phi) is 4.31. The van der Waals surface area contributed by atoms with Gasteiger partial charge in [0, 0.05) is 18.1 Å². The predicted octanol–water partition coefficient (Wildman–Crippen LogP) is 2.84. The van der Waals surface area contributed by atoms with Crippen LogP contribution in [0.4, 0.5) is 5.82 Å². The summed E-state index contributed by atoms with van der Waals surface area (Å²) in [5.41, 5.74) is 2.83. The first-order chi connectivity index (χ1) is 14.6. The number of nitrogens with zero attached hydrogens (tertiary/aromatic N) is 4. The molecule has 4 aromatic rings. The van der Waals surface area contributed by atoms with E-state index in [0.717, 1.165) is 10.9 Å². The molecule has 0 radical (unpaired) electrons. The summed E-state index contributed by atoms with van der Waals surface area (Å²) in [5, 5.41) is 10.8. The highest BCUT2D eigenvalue weighted by atomic mass is 16.2. The van der Waals surface area contributed by atoms with Gasteiger partial charge in [0.1, 0.15) is 17.2 Å². The topological polar surface area (TPSA) is 93.8 Å². The van der Waals surface area contributed by atoms with E-state index >= 15 is 0 Å². The molecule has 8 nitrogen and oxygen atoms in total. The van der Waals surface area contributed by atoms with Gasteiger partial charge in [-0.3, -0.25) is 14.3 Å². The first kappa shape index (κ1) is 18.1. The van der Waals surface area contributed by atoms with E-state index in [-0.39, 0.29) is 17.9 Å². The van der Waals surface area contributed by atoms with Crippen LogP contribution in [0.3, 0.4) is 0 Å². The summed E-state index contributed by atoms with van der Waals surface area (Å²) in [4.78, 5) is 29.4. The van der Waals surface area contributed by atoms with Crippen LogP contribution >= 0.6 is 0 Å². The molecule has 0 fully saturated rings. The number of nitrogens with one attached hydrogen (secondary N) is 2. The van der Waals surface area contributed by atoms with E-state index in [0.29, 0.717) is 35.8 Å². The zero-order chi connectivity index (χ0) is 20.7. The van der Waals surface area contributed by atoms with Gasteiger partial charge in [-0.1, -0.05) is 30.3 Å². The van der Waals surface area contributed by atoms with Crippen molar-refractivity contribution in [2.75, 3.05) is 11.9 Å². The molecule has 0 spiro atoms. The second kappa shape index (κ2) is 7.14. The Morgan fingerprint density at radius 1 is 1.23 bits per heavy atom. The van der Waals surface area contributed by atoms with Gasteiger partial charge < -0.3 is 15.2 Å². The molecule has 150 valence electrons. The lowest BCUT2D eigenvalue weighted by Crippen LogP contribution is -2.37. The average Bonchev–Trinajstić information content (AvgIpc) is 3.37. The number of anilines is 1. The number of carbonyl (C=O) groups is 2. The van der Waals surface area contributed by atoms with Crippen molar-refractivity contribution in [1.29, 1.82) is 0 Å². The normalized spacial score (nSPS) is 15.6. The molecule has 1 aliphatic heterocycles. The van der Waals surface area contributed by atoms with Crippen molar-refractivity contribution in [2.24, 2.45) is 0 Å². The number of aromatic nitrogens is 4. The number of amides is 2. The van der Waals surface area contributed by atoms with Gasteiger partial charge in [0.2, 0.25) is 0 Å². The summed E-state index contributed by atoms with van der Waals surface area (Å²) in [6.07, 6.45) is 3.26. The Morgan fingerprint density at radius 2 is 2.07 bits per heavy atom. The van der Waals surface area contributed by atoms with Crippen LogP contribution in [0.25, 0.3) is 11.0 Å². The Hall–Kier alpha value is -3.94. The molecule has 2 N–H and O–H groups in total. The van der Waals surface area contributed by atoms with E-state index < -0.39 is 0 Å². The van der Waals surface area contributed by atoms with Crippen LogP contribution in [0.2, 0.25) is 0 Å². The van der Waals surface area contributed by atoms with Gasteiger partial charge >= 0.3 is 0 Å². The Bertz CT molecular complexity index is 1260. The van der Waals surface area contributed by atoms with Crippen molar-refractivity contribution < 1.29 is 9.59 Å². The molecule has 5 rings (SSSR count). The standard InChI is InChI=1S/C22H20N6O2/c1-14-10-23-22(30)18-9-16-7-8-19(25-20(16)28(14)18)26-21(29)17-11-24-27(13-17)12-15-5-3-2-4-6-15/h2-9,11,13-14H,10,12H2,1H3,(H,23,30)(H,25,26,29). The number of pyridine rings is 1. The van der Waals surface area contributed by atoms with E-state index in [1.54, 1.807) is 23.1 Å². The van der Waals surface area contributed by atoms with Crippen molar-refractivity contribution >= 4 is 28.7 Å². The largest absolute Gasteiger partial charge is 0.349 e. The van der Waals surface area contributed by atoms with Crippen LogP contribution in [0.1, 0.15) is 39.4 Å². The minimum absolute atomic E-state index is 0.0878. The van der Waals surface area contributed by atoms with E-state index in [9.17, 15) is 9.59 Å². The fourth-order valence-corrected chi connectivity index (χ4v) is 3.73. The smallest absolute Gasteiger partial charge is 0.268 e. The Morgan fingerprint density at radius 3 is 2.90 bits per heavy atom. The summed E-state index contributed by atoms with van der Waals surface area (Å²) in [6.45, 7) is 3.17. The molecule has 8 heteroatoms. The van der Waals surface area contributed by atoms with Crippen LogP contribution in [-0.4, -0.2) is 37.7 Å². The molecule has 4 heterocycles. The first-order valence-corrected chi connectivity index (χ1v) is 9.76.